The van der Waals surface area contributed by atoms with E-state index in [1.165, 1.54) is 7.11 Å². The average Bonchev–Trinajstić information content (AvgIpc) is 1.87. The lowest BCUT2D eigenvalue weighted by Gasteiger charge is -1.97. The molecule has 0 aliphatic heterocycles. The first-order chi connectivity index (χ1) is 4.66. The minimum Gasteiger partial charge on any atom is -0.481 e. The van der Waals surface area contributed by atoms with E-state index >= 15 is 0 Å². The normalized spacial score (nSPS) is 12.9. The van der Waals surface area contributed by atoms with Crippen molar-refractivity contribution < 1.29 is 23.5 Å². The lowest BCUT2D eigenvalue weighted by Crippen LogP contribution is -1.99. The van der Waals surface area contributed by atoms with Gasteiger partial charge in [-0.15, -0.1) is 0 Å². The molecule has 0 aromatic heterocycles. The third-order valence-corrected chi connectivity index (χ3v) is 1.48. The lowest BCUT2D eigenvalue weighted by atomic mass is 10.5. The maximum atomic E-state index is 10.3. The third-order valence-electron chi connectivity index (χ3n) is 0.703. The Kier molecular flexibility index (Phi) is 5.20. The fraction of sp³-hybridized carbons (Fsp3) is 0.750. The second-order valence-electron chi connectivity index (χ2n) is 1.45. The first kappa shape index (κ1) is 9.62. The smallest absolute Gasteiger partial charge is 0.318 e. The predicted octanol–water partition coefficient (Wildman–Crippen LogP) is 0.514. The van der Waals surface area contributed by atoms with Crippen molar-refractivity contribution in [3.05, 3.63) is 0 Å². The van der Waals surface area contributed by atoms with Crippen LogP contribution in [0.1, 0.15) is 6.42 Å². The molecule has 0 saturated heterocycles. The average molecular weight is 168 g/mol. The molecule has 0 aromatic rings. The maximum absolute atomic E-state index is 10.3. The summed E-state index contributed by atoms with van der Waals surface area (Å²) < 4.78 is 19.0. The van der Waals surface area contributed by atoms with Crippen LogP contribution in [0.15, 0.2) is 0 Å². The van der Waals surface area contributed by atoms with E-state index in [1.54, 1.807) is 0 Å². The van der Waals surface area contributed by atoms with Crippen LogP contribution in [0.4, 0.5) is 0 Å². The highest BCUT2D eigenvalue weighted by molar-refractivity contribution is 7.33. The molecule has 1 atom stereocenters. The van der Waals surface area contributed by atoms with Gasteiger partial charge in [0.25, 0.3) is 0 Å². The number of hydrogen-bond donors (Lipinski definition) is 1. The van der Waals surface area contributed by atoms with Gasteiger partial charge >= 0.3 is 14.2 Å². The van der Waals surface area contributed by atoms with E-state index in [-0.39, 0.29) is 13.0 Å². The number of carbonyl (C=O) groups is 1. The fourth-order valence-corrected chi connectivity index (χ4v) is 0.667. The molecule has 0 aliphatic rings. The molecule has 0 spiro atoms. The van der Waals surface area contributed by atoms with E-state index in [0.717, 1.165) is 0 Å². The van der Waals surface area contributed by atoms with Crippen LogP contribution >= 0.6 is 8.25 Å². The Morgan fingerprint density at radius 2 is 2.30 bits per heavy atom. The zero-order chi connectivity index (χ0) is 7.98. The van der Waals surface area contributed by atoms with E-state index in [1.807, 2.05) is 0 Å². The highest BCUT2D eigenvalue weighted by Gasteiger charge is 1.99. The number of carboxylic acids is 1. The molecule has 0 saturated carbocycles. The van der Waals surface area contributed by atoms with E-state index in [4.69, 9.17) is 5.11 Å². The van der Waals surface area contributed by atoms with Gasteiger partial charge < -0.3 is 14.2 Å². The fourth-order valence-electron chi connectivity index (χ4n) is 0.281. The summed E-state index contributed by atoms with van der Waals surface area (Å²) in [5.74, 6) is -0.981. The summed E-state index contributed by atoms with van der Waals surface area (Å²) in [7, 11) is -1.20. The van der Waals surface area contributed by atoms with Crippen molar-refractivity contribution in [1.82, 2.24) is 0 Å². The van der Waals surface area contributed by atoms with Crippen LogP contribution in [0.25, 0.3) is 0 Å². The van der Waals surface area contributed by atoms with Crippen LogP contribution in [-0.4, -0.2) is 24.8 Å². The van der Waals surface area contributed by atoms with Crippen molar-refractivity contribution in [2.75, 3.05) is 13.7 Å². The monoisotopic (exact) mass is 168 g/mol. The summed E-state index contributed by atoms with van der Waals surface area (Å²) in [5, 5.41) is 8.09. The molecule has 0 aromatic carbocycles. The van der Waals surface area contributed by atoms with Crippen molar-refractivity contribution in [2.45, 2.75) is 6.42 Å². The Morgan fingerprint density at radius 1 is 1.70 bits per heavy atom. The lowest BCUT2D eigenvalue weighted by molar-refractivity contribution is -0.137. The quantitative estimate of drug-likeness (QED) is 0.605. The zero-order valence-corrected chi connectivity index (χ0v) is 6.49. The van der Waals surface area contributed by atoms with E-state index in [0.29, 0.717) is 0 Å². The summed E-state index contributed by atoms with van der Waals surface area (Å²) in [5.41, 5.74) is 0. The standard InChI is InChI=1S/C4H9O5P/c1-8-10(7)9-3-2-4(5)6/h10H,2-3H2,1H3,(H,5,6). The molecule has 0 radical (unpaired) electrons. The maximum Gasteiger partial charge on any atom is 0.318 e. The van der Waals surface area contributed by atoms with Crippen LogP contribution in [0.2, 0.25) is 0 Å². The Bertz CT molecular complexity index is 134. The van der Waals surface area contributed by atoms with Gasteiger partial charge in [-0.2, -0.15) is 0 Å². The Hall–Kier alpha value is -0.380. The zero-order valence-electron chi connectivity index (χ0n) is 5.49. The molecular weight excluding hydrogens is 159 g/mol. The molecule has 6 heteroatoms. The Labute approximate surface area is 58.9 Å². The van der Waals surface area contributed by atoms with Gasteiger partial charge in [0.05, 0.1) is 13.0 Å². The largest absolute Gasteiger partial charge is 0.481 e. The summed E-state index contributed by atoms with van der Waals surface area (Å²) in [6, 6.07) is 0. The van der Waals surface area contributed by atoms with Crippen molar-refractivity contribution >= 4 is 14.2 Å². The molecule has 1 unspecified atom stereocenters. The summed E-state index contributed by atoms with van der Waals surface area (Å²) in [4.78, 5) is 9.86. The summed E-state index contributed by atoms with van der Waals surface area (Å²) in [6.07, 6.45) is -0.153. The molecule has 0 heterocycles. The highest BCUT2D eigenvalue weighted by atomic mass is 31.1. The van der Waals surface area contributed by atoms with Crippen LogP contribution in [0.3, 0.4) is 0 Å². The van der Waals surface area contributed by atoms with Gasteiger partial charge in [0.1, 0.15) is 0 Å². The van der Waals surface area contributed by atoms with Crippen molar-refractivity contribution in [2.24, 2.45) is 0 Å². The van der Waals surface area contributed by atoms with Crippen LogP contribution < -0.4 is 0 Å². The predicted molar refractivity (Wildman–Crippen MR) is 34.2 cm³/mol. The second kappa shape index (κ2) is 5.41. The SMILES string of the molecule is CO[PH](=O)OCCC(=O)O. The number of aliphatic carboxylic acids is 1. The van der Waals surface area contributed by atoms with Crippen molar-refractivity contribution in [3.63, 3.8) is 0 Å². The van der Waals surface area contributed by atoms with E-state index in [9.17, 15) is 9.36 Å². The molecule has 5 nitrogen and oxygen atoms in total. The topological polar surface area (TPSA) is 72.8 Å². The van der Waals surface area contributed by atoms with Gasteiger partial charge in [0.15, 0.2) is 0 Å². The number of carboxylic acid groups (broad SMARTS) is 1. The van der Waals surface area contributed by atoms with Gasteiger partial charge in [-0.1, -0.05) is 0 Å². The van der Waals surface area contributed by atoms with Gasteiger partial charge in [0, 0.05) is 7.11 Å². The van der Waals surface area contributed by atoms with E-state index < -0.39 is 14.2 Å². The first-order valence-electron chi connectivity index (χ1n) is 2.59. The van der Waals surface area contributed by atoms with Crippen LogP contribution in [0.5, 0.6) is 0 Å². The first-order valence-corrected chi connectivity index (χ1v) is 3.82. The van der Waals surface area contributed by atoms with Gasteiger partial charge in [-0.05, 0) is 0 Å². The summed E-state index contributed by atoms with van der Waals surface area (Å²) in [6.45, 7) is -0.0685. The number of rotatable bonds is 5. The molecule has 0 fully saturated rings. The molecule has 0 aliphatic carbocycles. The molecule has 10 heavy (non-hydrogen) atoms. The highest BCUT2D eigenvalue weighted by Crippen LogP contribution is 2.21. The van der Waals surface area contributed by atoms with Gasteiger partial charge in [-0.25, -0.2) is 0 Å². The molecule has 0 amide bonds. The van der Waals surface area contributed by atoms with E-state index in [2.05, 4.69) is 9.05 Å². The van der Waals surface area contributed by atoms with Crippen molar-refractivity contribution in [1.29, 1.82) is 0 Å². The molecule has 0 bridgehead atoms. The van der Waals surface area contributed by atoms with Crippen molar-refractivity contribution in [3.8, 4) is 0 Å². The third kappa shape index (κ3) is 5.75. The minimum atomic E-state index is -2.44. The molecular formula is C4H9O5P. The molecule has 1 N–H and O–H groups in total. The Morgan fingerprint density at radius 3 is 2.70 bits per heavy atom. The van der Waals surface area contributed by atoms with Gasteiger partial charge in [-0.3, -0.25) is 9.36 Å². The second-order valence-corrected chi connectivity index (χ2v) is 2.64. The Balaban J connectivity index is 3.20. The van der Waals surface area contributed by atoms with Crippen LogP contribution in [0, 0.1) is 0 Å². The van der Waals surface area contributed by atoms with Gasteiger partial charge in [0.2, 0.25) is 0 Å². The summed E-state index contributed by atoms with van der Waals surface area (Å²) >= 11 is 0. The molecule has 60 valence electrons. The minimum absolute atomic E-state index is 0.0685. The number of hydrogen-bond acceptors (Lipinski definition) is 4. The molecule has 0 rings (SSSR count). The van der Waals surface area contributed by atoms with Crippen LogP contribution in [-0.2, 0) is 18.4 Å².